The Balaban J connectivity index is 0.776. The smallest absolute Gasteiger partial charge is 0.414 e. The number of carbonyl (C=O) groups excluding carboxylic acids is 7. The highest BCUT2D eigenvalue weighted by atomic mass is 35.5. The van der Waals surface area contributed by atoms with Crippen LogP contribution in [0.3, 0.4) is 0 Å². The van der Waals surface area contributed by atoms with Crippen LogP contribution in [0.15, 0.2) is 36.4 Å². The summed E-state index contributed by atoms with van der Waals surface area (Å²) in [6.07, 6.45) is 6.97. The Hall–Kier alpha value is -5.12. The Morgan fingerprint density at radius 1 is 0.783 bits per heavy atom. The maximum absolute atomic E-state index is 13.5. The van der Waals surface area contributed by atoms with E-state index in [0.29, 0.717) is 90.7 Å². The molecule has 0 saturated carbocycles. The monoisotopic (exact) mass is 1020 g/mol. The number of thioether (sulfide) groups is 1. The fourth-order valence-electron chi connectivity index (χ4n) is 8.85. The Morgan fingerprint density at radius 2 is 1.45 bits per heavy atom. The molecule has 6 atom stereocenters. The lowest BCUT2D eigenvalue weighted by molar-refractivity contribution is -0.141. The SMILES string of the molecule is O=C(O)CC(CCCC1OCCN(c2ccc(N3C[C@H](CNC(=O)c4ccc(Cl)s4)OC3=O)cc2)C1=O)C(=O)NCCCCCNC(=O)CCCCCNC(=O)CCCC[C@@H]1SC[C@@H]2NC(=O)N[C@@H]21. The molecule has 22 heteroatoms. The molecule has 4 aliphatic heterocycles. The third-order valence-electron chi connectivity index (χ3n) is 12.6. The number of cyclic esters (lactones) is 1. The van der Waals surface area contributed by atoms with E-state index in [4.69, 9.17) is 21.1 Å². The van der Waals surface area contributed by atoms with Gasteiger partial charge in [0.2, 0.25) is 17.7 Å². The molecule has 6 rings (SSSR count). The molecule has 19 nitrogen and oxygen atoms in total. The van der Waals surface area contributed by atoms with Crippen molar-refractivity contribution in [2.75, 3.05) is 61.4 Å². The first kappa shape index (κ1) is 53.2. The number of thiophene rings is 1. The van der Waals surface area contributed by atoms with Crippen molar-refractivity contribution in [1.29, 1.82) is 0 Å². The predicted octanol–water partition coefficient (Wildman–Crippen LogP) is 4.95. The van der Waals surface area contributed by atoms with Crippen molar-refractivity contribution >= 4 is 93.7 Å². The summed E-state index contributed by atoms with van der Waals surface area (Å²) in [5.41, 5.74) is 1.19. The quantitative estimate of drug-likeness (QED) is 0.0422. The van der Waals surface area contributed by atoms with E-state index in [1.165, 1.54) is 4.90 Å². The van der Waals surface area contributed by atoms with Gasteiger partial charge in [-0.25, -0.2) is 9.59 Å². The van der Waals surface area contributed by atoms with Crippen molar-refractivity contribution in [3.8, 4) is 0 Å². The summed E-state index contributed by atoms with van der Waals surface area (Å²) in [6, 6.07) is 10.5. The fraction of sp³-hybridized carbons (Fsp3) is 0.617. The third-order valence-corrected chi connectivity index (χ3v) is 15.3. The second kappa shape index (κ2) is 27.3. The number of aliphatic carboxylic acids is 1. The number of carboxylic acid groups (broad SMARTS) is 1. The predicted molar refractivity (Wildman–Crippen MR) is 263 cm³/mol. The molecule has 4 saturated heterocycles. The number of unbranched alkanes of at least 4 members (excludes halogenated alkanes) is 5. The number of fused-ring (bicyclic) bond motifs is 1. The first-order valence-corrected chi connectivity index (χ1v) is 26.3. The summed E-state index contributed by atoms with van der Waals surface area (Å²) in [5.74, 6) is -1.80. The van der Waals surface area contributed by atoms with Crippen molar-refractivity contribution in [3.05, 3.63) is 45.6 Å². The number of benzene rings is 1. The summed E-state index contributed by atoms with van der Waals surface area (Å²) in [6.45, 7) is 2.46. The van der Waals surface area contributed by atoms with Gasteiger partial charge in [0.1, 0.15) is 12.2 Å². The van der Waals surface area contributed by atoms with Gasteiger partial charge in [-0.3, -0.25) is 33.7 Å². The zero-order valence-electron chi connectivity index (χ0n) is 38.8. The van der Waals surface area contributed by atoms with Gasteiger partial charge in [-0.1, -0.05) is 24.4 Å². The van der Waals surface area contributed by atoms with E-state index >= 15 is 0 Å². The summed E-state index contributed by atoms with van der Waals surface area (Å²) >= 11 is 8.96. The van der Waals surface area contributed by atoms with E-state index in [1.54, 1.807) is 41.3 Å². The van der Waals surface area contributed by atoms with Gasteiger partial charge in [0.05, 0.1) is 47.4 Å². The molecule has 5 heterocycles. The number of rotatable bonds is 29. The molecule has 0 radical (unpaired) electrons. The maximum atomic E-state index is 13.5. The van der Waals surface area contributed by atoms with E-state index in [0.717, 1.165) is 68.5 Å². The molecule has 2 aromatic rings. The molecule has 4 aliphatic rings. The van der Waals surface area contributed by atoms with Crippen LogP contribution in [0.2, 0.25) is 4.34 Å². The number of carbonyl (C=O) groups is 8. The van der Waals surface area contributed by atoms with Gasteiger partial charge in [0.25, 0.3) is 11.8 Å². The van der Waals surface area contributed by atoms with Crippen molar-refractivity contribution in [2.45, 2.75) is 126 Å². The fourth-order valence-corrected chi connectivity index (χ4v) is 11.4. The summed E-state index contributed by atoms with van der Waals surface area (Å²) in [4.78, 5) is 103. The molecule has 0 bridgehead atoms. The molecule has 2 unspecified atom stereocenters. The van der Waals surface area contributed by atoms with Gasteiger partial charge in [-0.2, -0.15) is 11.8 Å². The topological polar surface area (TPSA) is 254 Å². The molecular formula is C47H65ClN8O11S2. The molecule has 8 amide bonds. The van der Waals surface area contributed by atoms with Crippen LogP contribution in [-0.2, 0) is 33.4 Å². The van der Waals surface area contributed by atoms with Crippen LogP contribution >= 0.6 is 34.7 Å². The van der Waals surface area contributed by atoms with Gasteiger partial charge in [-0.15, -0.1) is 11.3 Å². The first-order chi connectivity index (χ1) is 33.3. The first-order valence-electron chi connectivity index (χ1n) is 24.1. The molecule has 1 aromatic heterocycles. The van der Waals surface area contributed by atoms with Crippen molar-refractivity contribution in [2.24, 2.45) is 5.92 Å². The van der Waals surface area contributed by atoms with Crippen LogP contribution in [-0.4, -0.2) is 134 Å². The van der Waals surface area contributed by atoms with E-state index in [9.17, 15) is 43.5 Å². The van der Waals surface area contributed by atoms with Gasteiger partial charge in [0, 0.05) is 67.3 Å². The van der Waals surface area contributed by atoms with Crippen LogP contribution in [0, 0.1) is 5.92 Å². The highest BCUT2D eigenvalue weighted by Gasteiger charge is 2.42. The van der Waals surface area contributed by atoms with Gasteiger partial charge < -0.3 is 51.4 Å². The minimum absolute atomic E-state index is 0.0184. The summed E-state index contributed by atoms with van der Waals surface area (Å²) in [5, 5.41) is 27.4. The Labute approximate surface area is 415 Å². The summed E-state index contributed by atoms with van der Waals surface area (Å²) in [7, 11) is 0. The Kier molecular flexibility index (Phi) is 21.1. The number of amides is 8. The van der Waals surface area contributed by atoms with E-state index in [2.05, 4.69) is 31.9 Å². The van der Waals surface area contributed by atoms with Crippen molar-refractivity contribution in [3.63, 3.8) is 0 Å². The normalized spacial score (nSPS) is 21.2. The maximum Gasteiger partial charge on any atom is 0.414 e. The minimum Gasteiger partial charge on any atom is -0.481 e. The zero-order chi connectivity index (χ0) is 49.1. The number of anilines is 2. The Morgan fingerprint density at radius 3 is 2.13 bits per heavy atom. The van der Waals surface area contributed by atoms with Crippen LogP contribution < -0.4 is 41.7 Å². The average Bonchev–Trinajstić information content (AvgIpc) is 4.12. The molecule has 69 heavy (non-hydrogen) atoms. The molecular weight excluding hydrogens is 952 g/mol. The van der Waals surface area contributed by atoms with E-state index in [-0.39, 0.29) is 73.6 Å². The number of morpholine rings is 1. The number of ether oxygens (including phenoxy) is 2. The van der Waals surface area contributed by atoms with E-state index in [1.807, 2.05) is 11.8 Å². The highest BCUT2D eigenvalue weighted by molar-refractivity contribution is 8.00. The van der Waals surface area contributed by atoms with Crippen molar-refractivity contribution in [1.82, 2.24) is 31.9 Å². The zero-order valence-corrected chi connectivity index (χ0v) is 41.2. The molecule has 0 aliphatic carbocycles. The van der Waals surface area contributed by atoms with E-state index < -0.39 is 30.2 Å². The highest BCUT2D eigenvalue weighted by Crippen LogP contribution is 2.33. The van der Waals surface area contributed by atoms with Crippen LogP contribution in [0.25, 0.3) is 0 Å². The number of nitrogens with one attached hydrogen (secondary N) is 6. The number of halogens is 1. The number of urea groups is 1. The van der Waals surface area contributed by atoms with Crippen LogP contribution in [0.5, 0.6) is 0 Å². The van der Waals surface area contributed by atoms with Gasteiger partial charge >= 0.3 is 18.1 Å². The molecule has 4 fully saturated rings. The largest absolute Gasteiger partial charge is 0.481 e. The number of nitrogens with zero attached hydrogens (tertiary/aromatic N) is 2. The number of hydrogen-bond acceptors (Lipinski definition) is 12. The second-order valence-electron chi connectivity index (χ2n) is 17.8. The van der Waals surface area contributed by atoms with Crippen LogP contribution in [0.4, 0.5) is 21.0 Å². The summed E-state index contributed by atoms with van der Waals surface area (Å²) < 4.78 is 11.8. The second-order valence-corrected chi connectivity index (χ2v) is 20.7. The number of hydrogen-bond donors (Lipinski definition) is 7. The van der Waals surface area contributed by atoms with Crippen LogP contribution in [0.1, 0.15) is 106 Å². The molecule has 7 N–H and O–H groups in total. The third kappa shape index (κ3) is 16.8. The van der Waals surface area contributed by atoms with Crippen molar-refractivity contribution < 1.29 is 52.9 Å². The lowest BCUT2D eigenvalue weighted by atomic mass is 9.95. The Bertz CT molecular complexity index is 2100. The number of carboxylic acids is 1. The lowest BCUT2D eigenvalue weighted by Crippen LogP contribution is -2.48. The minimum atomic E-state index is -1.09. The lowest BCUT2D eigenvalue weighted by Gasteiger charge is -2.33. The average molecular weight is 1020 g/mol. The standard InChI is InChI=1S/C47H65ClN8O11S2/c48-38-20-19-37(69-38)44(62)52-27-33-28-56(47(65)67-33)32-17-15-31(16-18-32)55-24-25-66-35(45(55)63)11-9-10-30(26-41(59)60)43(61)51-23-8-2-7-22-50-39(57)13-3-1-6-21-49-40(58)14-5-4-12-36-42-34(29-68-36)53-46(64)54-42/h15-20,30,33-36,42H,1-14,21-29H2,(H,49,58)(H,50,57)(H,51,61)(H,52,62)(H,59,60)(H2,53,54,64)/t30?,33-,34-,35?,36-,42-/m0/s1. The molecule has 1 aromatic carbocycles. The molecule has 0 spiro atoms. The molecule has 378 valence electrons. The van der Waals surface area contributed by atoms with Gasteiger partial charge in [-0.05, 0) is 101 Å². The van der Waals surface area contributed by atoms with Gasteiger partial charge in [0.15, 0.2) is 0 Å².